The molecule has 0 fully saturated rings. The van der Waals surface area contributed by atoms with Crippen molar-refractivity contribution in [3.63, 3.8) is 0 Å². The quantitative estimate of drug-likeness (QED) is 0.159. The Bertz CT molecular complexity index is 2370. The number of aryl methyl sites for hydroxylation is 1. The van der Waals surface area contributed by atoms with Crippen molar-refractivity contribution in [2.75, 3.05) is 0 Å². The van der Waals surface area contributed by atoms with Gasteiger partial charge in [-0.2, -0.15) is 0 Å². The van der Waals surface area contributed by atoms with Gasteiger partial charge < -0.3 is 4.42 Å². The van der Waals surface area contributed by atoms with Gasteiger partial charge in [-0.05, 0) is 52.4 Å². The fraction of sp³-hybridized carbons (Fsp3) is 0.0682. The fourth-order valence-corrected chi connectivity index (χ4v) is 6.47. The van der Waals surface area contributed by atoms with Crippen LogP contribution in [0, 0.1) is 0 Å². The van der Waals surface area contributed by atoms with Crippen molar-refractivity contribution in [2.24, 2.45) is 0 Å². The minimum absolute atomic E-state index is 0.645. The average molecular weight is 620 g/mol. The van der Waals surface area contributed by atoms with E-state index in [1.54, 1.807) is 6.08 Å². The maximum atomic E-state index is 6.49. The lowest BCUT2D eigenvalue weighted by Gasteiger charge is -2.15. The molecule has 230 valence electrons. The van der Waals surface area contributed by atoms with Crippen molar-refractivity contribution >= 4 is 27.3 Å². The molecule has 1 aliphatic carbocycles. The Hall–Kier alpha value is -6.13. The average Bonchev–Trinajstić information content (AvgIpc) is 3.53. The number of rotatable bonds is 8. The Balaban J connectivity index is 1.23. The number of benzene rings is 5. The van der Waals surface area contributed by atoms with Gasteiger partial charge in [0.25, 0.3) is 0 Å². The van der Waals surface area contributed by atoms with Crippen LogP contribution in [0.2, 0.25) is 0 Å². The zero-order chi connectivity index (χ0) is 32.3. The Morgan fingerprint density at radius 2 is 1.38 bits per heavy atom. The summed E-state index contributed by atoms with van der Waals surface area (Å²) in [5, 5.41) is 3.53. The Kier molecular flexibility index (Phi) is 7.89. The molecule has 1 aliphatic rings. The molecular weight excluding hydrogens is 587 g/mol. The van der Waals surface area contributed by atoms with Crippen molar-refractivity contribution in [3.05, 3.63) is 181 Å². The van der Waals surface area contributed by atoms with Gasteiger partial charge in [-0.1, -0.05) is 146 Å². The van der Waals surface area contributed by atoms with Gasteiger partial charge in [-0.25, -0.2) is 15.0 Å². The zero-order valence-corrected chi connectivity index (χ0v) is 26.5. The third kappa shape index (κ3) is 5.69. The van der Waals surface area contributed by atoms with Crippen LogP contribution < -0.4 is 0 Å². The molecule has 0 bridgehead atoms. The van der Waals surface area contributed by atoms with Gasteiger partial charge in [0.15, 0.2) is 17.5 Å². The number of nitrogens with zero attached hydrogens (tertiary/aromatic N) is 3. The molecule has 0 atom stereocenters. The summed E-state index contributed by atoms with van der Waals surface area (Å²) in [4.78, 5) is 15.2. The van der Waals surface area contributed by atoms with Crippen LogP contribution in [-0.2, 0) is 12.8 Å². The van der Waals surface area contributed by atoms with Crippen molar-refractivity contribution < 1.29 is 4.42 Å². The molecule has 0 N–H and O–H groups in total. The van der Waals surface area contributed by atoms with Crippen molar-refractivity contribution in [2.45, 2.75) is 19.3 Å². The molecule has 48 heavy (non-hydrogen) atoms. The van der Waals surface area contributed by atoms with Gasteiger partial charge in [0.05, 0.1) is 0 Å². The zero-order valence-electron chi connectivity index (χ0n) is 26.5. The van der Waals surface area contributed by atoms with Crippen molar-refractivity contribution in [3.8, 4) is 33.9 Å². The van der Waals surface area contributed by atoms with E-state index in [9.17, 15) is 0 Å². The van der Waals surface area contributed by atoms with Crippen LogP contribution in [0.5, 0.6) is 0 Å². The third-order valence-electron chi connectivity index (χ3n) is 8.82. The fourth-order valence-electron chi connectivity index (χ4n) is 6.47. The first-order valence-electron chi connectivity index (χ1n) is 16.3. The summed E-state index contributed by atoms with van der Waals surface area (Å²) in [6.07, 6.45) is 14.6. The smallest absolute Gasteiger partial charge is 0.164 e. The van der Waals surface area contributed by atoms with E-state index in [0.717, 1.165) is 63.8 Å². The van der Waals surface area contributed by atoms with Gasteiger partial charge in [-0.3, -0.25) is 0 Å². The van der Waals surface area contributed by atoms with Crippen LogP contribution in [0.4, 0.5) is 0 Å². The van der Waals surface area contributed by atoms with E-state index in [0.29, 0.717) is 17.5 Å². The van der Waals surface area contributed by atoms with Crippen molar-refractivity contribution in [1.29, 1.82) is 0 Å². The number of hydrogen-bond acceptors (Lipinski definition) is 4. The highest BCUT2D eigenvalue weighted by molar-refractivity contribution is 6.02. The van der Waals surface area contributed by atoms with E-state index in [2.05, 4.69) is 104 Å². The second-order valence-electron chi connectivity index (χ2n) is 11.9. The molecule has 0 aliphatic heterocycles. The molecule has 0 amide bonds. The Morgan fingerprint density at radius 1 is 0.646 bits per heavy atom. The molecule has 4 heteroatoms. The highest BCUT2D eigenvalue weighted by Gasteiger charge is 2.25. The maximum absolute atomic E-state index is 6.49. The lowest BCUT2D eigenvalue weighted by atomic mass is 9.91. The SMILES string of the molecule is C=C/C=C\C=C/Cc1ccc(-c2nc(C3=CCCc4oc5ccc(-c6cccc7ccccc67)cc5c43)nc(-c3ccccc3)n2)cc1. The second kappa shape index (κ2) is 12.9. The van der Waals surface area contributed by atoms with Crippen LogP contribution in [0.15, 0.2) is 163 Å². The summed E-state index contributed by atoms with van der Waals surface area (Å²) in [6, 6.07) is 40.1. The number of allylic oxidation sites excluding steroid dienone is 6. The van der Waals surface area contributed by atoms with Crippen LogP contribution in [0.25, 0.3) is 61.2 Å². The standard InChI is InChI=1S/C44H33N3O/c1-2-3-4-5-7-14-30-23-25-33(26-24-30)43-45-42(32-16-8-6-9-17-32)46-44(47-43)37-21-13-22-40-41(37)38-29-34(27-28-39(38)48-40)36-20-12-18-31-15-10-11-19-35(31)36/h2-12,15-21,23-29H,1,13-14,22H2/b4-3-,7-5-. The number of hydrogen-bond donors (Lipinski definition) is 0. The molecule has 0 radical (unpaired) electrons. The first-order valence-corrected chi connectivity index (χ1v) is 16.3. The minimum Gasteiger partial charge on any atom is -0.460 e. The normalized spacial score (nSPS) is 13.0. The molecule has 0 saturated carbocycles. The Labute approximate surface area is 280 Å². The van der Waals surface area contributed by atoms with Gasteiger partial charge in [0.2, 0.25) is 0 Å². The van der Waals surface area contributed by atoms with Gasteiger partial charge in [0.1, 0.15) is 11.3 Å². The molecule has 0 saturated heterocycles. The molecule has 0 unspecified atom stereocenters. The van der Waals surface area contributed by atoms with Crippen LogP contribution in [0.3, 0.4) is 0 Å². The van der Waals surface area contributed by atoms with E-state index in [1.807, 2.05) is 48.6 Å². The lowest BCUT2D eigenvalue weighted by molar-refractivity contribution is 0.545. The van der Waals surface area contributed by atoms with Crippen LogP contribution in [-0.4, -0.2) is 15.0 Å². The molecule has 8 rings (SSSR count). The first kappa shape index (κ1) is 29.3. The summed E-state index contributed by atoms with van der Waals surface area (Å²) in [5.74, 6) is 2.92. The van der Waals surface area contributed by atoms with Gasteiger partial charge in [0, 0.05) is 34.1 Å². The first-order chi connectivity index (χ1) is 23.7. The molecule has 5 aromatic carbocycles. The van der Waals surface area contributed by atoms with E-state index < -0.39 is 0 Å². The summed E-state index contributed by atoms with van der Waals surface area (Å²) >= 11 is 0. The largest absolute Gasteiger partial charge is 0.460 e. The summed E-state index contributed by atoms with van der Waals surface area (Å²) < 4.78 is 6.49. The van der Waals surface area contributed by atoms with Gasteiger partial charge >= 0.3 is 0 Å². The minimum atomic E-state index is 0.645. The molecule has 0 spiro atoms. The predicted octanol–water partition coefficient (Wildman–Crippen LogP) is 11.0. The van der Waals surface area contributed by atoms with Crippen LogP contribution >= 0.6 is 0 Å². The highest BCUT2D eigenvalue weighted by Crippen LogP contribution is 2.41. The lowest BCUT2D eigenvalue weighted by Crippen LogP contribution is -2.06. The number of aromatic nitrogens is 3. The molecule has 2 aromatic heterocycles. The summed E-state index contributed by atoms with van der Waals surface area (Å²) in [6.45, 7) is 3.72. The summed E-state index contributed by atoms with van der Waals surface area (Å²) in [5.41, 5.74) is 8.39. The predicted molar refractivity (Wildman–Crippen MR) is 197 cm³/mol. The van der Waals surface area contributed by atoms with E-state index in [1.165, 1.54) is 21.9 Å². The molecule has 4 nitrogen and oxygen atoms in total. The third-order valence-corrected chi connectivity index (χ3v) is 8.82. The van der Waals surface area contributed by atoms with Gasteiger partial charge in [-0.15, -0.1) is 0 Å². The molecular formula is C44H33N3O. The maximum Gasteiger partial charge on any atom is 0.164 e. The summed E-state index contributed by atoms with van der Waals surface area (Å²) in [7, 11) is 0. The monoisotopic (exact) mass is 619 g/mol. The second-order valence-corrected chi connectivity index (χ2v) is 11.9. The number of fused-ring (bicyclic) bond motifs is 4. The molecule has 2 heterocycles. The Morgan fingerprint density at radius 3 is 2.21 bits per heavy atom. The molecule has 7 aromatic rings. The van der Waals surface area contributed by atoms with E-state index in [-0.39, 0.29) is 0 Å². The topological polar surface area (TPSA) is 51.8 Å². The highest BCUT2D eigenvalue weighted by atomic mass is 16.3. The van der Waals surface area contributed by atoms with E-state index >= 15 is 0 Å². The van der Waals surface area contributed by atoms with Crippen molar-refractivity contribution in [1.82, 2.24) is 15.0 Å². The number of furan rings is 1. The van der Waals surface area contributed by atoms with Crippen LogP contribution in [0.1, 0.15) is 29.1 Å². The van der Waals surface area contributed by atoms with E-state index in [4.69, 9.17) is 19.4 Å².